The van der Waals surface area contributed by atoms with Crippen LogP contribution in [0, 0.1) is 11.8 Å². The summed E-state index contributed by atoms with van der Waals surface area (Å²) in [6, 6.07) is 42.7. The molecule has 1 heterocycles. The van der Waals surface area contributed by atoms with Gasteiger partial charge in [0.2, 0.25) is 0 Å². The molecule has 6 rings (SSSR count). The minimum absolute atomic E-state index is 0.00616. The molecular weight excluding hydrogens is 552 g/mol. The third-order valence-corrected chi connectivity index (χ3v) is 9.87. The minimum atomic E-state index is -0.122. The number of nitrogens with zero attached hydrogens (tertiary/aromatic N) is 2. The van der Waals surface area contributed by atoms with E-state index in [0.717, 1.165) is 34.4 Å². The van der Waals surface area contributed by atoms with Crippen LogP contribution in [-0.4, -0.2) is 22.4 Å². The Morgan fingerprint density at radius 2 is 1.36 bits per heavy atom. The first kappa shape index (κ1) is 28.8. The molecular formula is C38H40CrN2O. The fraction of sp³-hybridized carbons (Fsp3) is 0.316. The maximum absolute atomic E-state index is 7.20. The second-order valence-corrected chi connectivity index (χ2v) is 13.1. The molecule has 0 radical (unpaired) electrons. The van der Waals surface area contributed by atoms with Gasteiger partial charge in [0.25, 0.3) is 0 Å². The molecule has 0 unspecified atom stereocenters. The molecule has 1 aliphatic heterocycles. The average Bonchev–Trinajstić information content (AvgIpc) is 3.44. The van der Waals surface area contributed by atoms with Gasteiger partial charge in [-0.15, -0.1) is 0 Å². The summed E-state index contributed by atoms with van der Waals surface area (Å²) in [7, 11) is 0. The van der Waals surface area contributed by atoms with Crippen molar-refractivity contribution in [2.24, 2.45) is 16.9 Å². The van der Waals surface area contributed by atoms with Crippen LogP contribution in [0.3, 0.4) is 0 Å². The summed E-state index contributed by atoms with van der Waals surface area (Å²) in [6.45, 7) is 7.16. The zero-order chi connectivity index (χ0) is 29.1. The molecule has 1 aliphatic carbocycles. The molecule has 0 N–H and O–H groups in total. The van der Waals surface area contributed by atoms with Crippen LogP contribution < -0.4 is 5.01 Å². The Bertz CT molecular complexity index is 1500. The second kappa shape index (κ2) is 12.5. The first-order valence-electron chi connectivity index (χ1n) is 15.2. The number of rotatable bonds is 8. The molecule has 4 heteroatoms. The van der Waals surface area contributed by atoms with E-state index in [0.29, 0.717) is 11.8 Å². The molecule has 0 spiro atoms. The molecule has 2 aliphatic rings. The van der Waals surface area contributed by atoms with Crippen molar-refractivity contribution in [3.05, 3.63) is 138 Å². The molecule has 4 aromatic rings. The van der Waals surface area contributed by atoms with Gasteiger partial charge < -0.3 is 0 Å². The van der Waals surface area contributed by atoms with Gasteiger partial charge in [0.15, 0.2) is 0 Å². The van der Waals surface area contributed by atoms with Gasteiger partial charge in [-0.05, 0) is 0 Å². The molecule has 42 heavy (non-hydrogen) atoms. The van der Waals surface area contributed by atoms with Crippen molar-refractivity contribution in [3.63, 3.8) is 0 Å². The van der Waals surface area contributed by atoms with Gasteiger partial charge >= 0.3 is 260 Å². The third kappa shape index (κ3) is 5.82. The van der Waals surface area contributed by atoms with Crippen molar-refractivity contribution >= 4 is 16.0 Å². The Hall–Kier alpha value is -3.29. The number of hydrogen-bond acceptors (Lipinski definition) is 3. The van der Waals surface area contributed by atoms with Crippen LogP contribution >= 0.6 is 0 Å². The van der Waals surface area contributed by atoms with E-state index >= 15 is 0 Å². The molecule has 0 saturated heterocycles. The van der Waals surface area contributed by atoms with Crippen LogP contribution in [0.15, 0.2) is 126 Å². The summed E-state index contributed by atoms with van der Waals surface area (Å²) in [6.07, 6.45) is 3.54. The monoisotopic (exact) mass is 592 g/mol. The van der Waals surface area contributed by atoms with Crippen LogP contribution in [0.4, 0.5) is 5.69 Å². The van der Waals surface area contributed by atoms with Crippen molar-refractivity contribution in [2.45, 2.75) is 63.5 Å². The van der Waals surface area contributed by atoms with Gasteiger partial charge in [0.1, 0.15) is 0 Å². The van der Waals surface area contributed by atoms with E-state index in [1.807, 2.05) is 0 Å². The van der Waals surface area contributed by atoms with Gasteiger partial charge in [-0.3, -0.25) is 0 Å². The van der Waals surface area contributed by atoms with Crippen LogP contribution in [0.25, 0.3) is 0 Å². The summed E-state index contributed by atoms with van der Waals surface area (Å²) in [4.78, 5) is 0. The predicted molar refractivity (Wildman–Crippen MR) is 171 cm³/mol. The van der Waals surface area contributed by atoms with E-state index in [2.05, 4.69) is 163 Å². The van der Waals surface area contributed by atoms with Crippen molar-refractivity contribution < 1.29 is 20.6 Å². The molecule has 3 nitrogen and oxygen atoms in total. The molecule has 5 atom stereocenters. The van der Waals surface area contributed by atoms with E-state index < -0.39 is 0 Å². The van der Waals surface area contributed by atoms with E-state index in [-0.39, 0.29) is 23.5 Å². The Morgan fingerprint density at radius 3 is 2.00 bits per heavy atom. The van der Waals surface area contributed by atoms with Gasteiger partial charge in [-0.1, -0.05) is 0 Å². The Balaban J connectivity index is 1.40. The zero-order valence-corrected chi connectivity index (χ0v) is 26.0. The molecule has 4 aromatic carbocycles. The van der Waals surface area contributed by atoms with E-state index in [1.165, 1.54) is 17.5 Å². The summed E-state index contributed by atoms with van der Waals surface area (Å²) in [5, 5.41) is 7.52. The normalized spacial score (nSPS) is 24.3. The number of para-hydroxylation sites is 1. The third-order valence-electron chi connectivity index (χ3n) is 9.35. The van der Waals surface area contributed by atoms with Crippen LogP contribution in [0.5, 0.6) is 0 Å². The molecule has 214 valence electrons. The molecule has 0 aromatic heterocycles. The first-order valence-corrected chi connectivity index (χ1v) is 15.9. The van der Waals surface area contributed by atoms with Crippen molar-refractivity contribution in [2.75, 3.05) is 5.01 Å². The van der Waals surface area contributed by atoms with E-state index in [4.69, 9.17) is 9.84 Å². The van der Waals surface area contributed by atoms with Crippen molar-refractivity contribution in [1.82, 2.24) is 0 Å². The summed E-state index contributed by atoms with van der Waals surface area (Å²) in [5.74, 6) is 1.03. The van der Waals surface area contributed by atoms with Gasteiger partial charge in [-0.25, -0.2) is 0 Å². The van der Waals surface area contributed by atoms with Crippen LogP contribution in [0.2, 0.25) is 0 Å². The second-order valence-electron chi connectivity index (χ2n) is 12.5. The number of hydrogen-bond donors (Lipinski definition) is 0. The summed E-state index contributed by atoms with van der Waals surface area (Å²) in [5.41, 5.74) is 5.86. The SMILES string of the molecule is C[C@@H]1CC[C@@H](C(C)(C)c2ccccc2)[C@H](O[C](=[Cr])[C@@H]2[C@@H](c3ccccc3)C(c3ccccc3)=NN2c2ccccc2)C1. The van der Waals surface area contributed by atoms with Gasteiger partial charge in [0, 0.05) is 0 Å². The fourth-order valence-corrected chi connectivity index (χ4v) is 7.56. The maximum atomic E-state index is 7.20. The number of anilines is 1. The average molecular weight is 593 g/mol. The predicted octanol–water partition coefficient (Wildman–Crippen LogP) is 8.54. The number of benzene rings is 4. The summed E-state index contributed by atoms with van der Waals surface area (Å²) < 4.78 is 8.11. The number of ether oxygens (including phenoxy) is 1. The van der Waals surface area contributed by atoms with Crippen LogP contribution in [-0.2, 0) is 26.0 Å². The molecule has 1 fully saturated rings. The molecule has 0 bridgehead atoms. The van der Waals surface area contributed by atoms with Gasteiger partial charge in [0.05, 0.1) is 0 Å². The van der Waals surface area contributed by atoms with E-state index in [1.54, 1.807) is 0 Å². The standard InChI is InChI=1S/C38H40N2O.Cr/c1-28-24-25-33(38(2,3)31-20-12-6-13-21-31)35(26-28)41-27-34-36(29-16-8-4-9-17-29)37(30-18-10-5-11-19-30)39-40(34)32-22-14-7-15-23-32;/h4-23,28,33-36H,24-26H2,1-3H3;/t28-,33-,34-,35-,36-;/m1./s1. The first-order chi connectivity index (χ1) is 20.4. The Labute approximate surface area is 259 Å². The Morgan fingerprint density at radius 1 is 0.786 bits per heavy atom. The van der Waals surface area contributed by atoms with Crippen LogP contribution in [0.1, 0.15) is 62.6 Å². The quantitative estimate of drug-likeness (QED) is 0.205. The number of hydrazone groups is 1. The zero-order valence-electron chi connectivity index (χ0n) is 24.8. The summed E-state index contributed by atoms with van der Waals surface area (Å²) >= 11 is 3.44. The Kier molecular flexibility index (Phi) is 8.59. The van der Waals surface area contributed by atoms with Crippen molar-refractivity contribution in [3.8, 4) is 0 Å². The molecule has 0 amide bonds. The van der Waals surface area contributed by atoms with E-state index in [9.17, 15) is 0 Å². The van der Waals surface area contributed by atoms with Gasteiger partial charge in [-0.2, -0.15) is 0 Å². The topological polar surface area (TPSA) is 24.8 Å². The van der Waals surface area contributed by atoms with Crippen molar-refractivity contribution in [1.29, 1.82) is 0 Å². The fourth-order valence-electron chi connectivity index (χ4n) is 7.00. The molecule has 1 saturated carbocycles.